The highest BCUT2D eigenvalue weighted by molar-refractivity contribution is 7.21. The van der Waals surface area contributed by atoms with Crippen LogP contribution in [0.4, 0.5) is 0 Å². The molecule has 1 aromatic heterocycles. The summed E-state index contributed by atoms with van der Waals surface area (Å²) in [6.07, 6.45) is 1.97. The minimum atomic E-state index is -0.0200. The standard InChI is InChI=1S/C38H44ClN2O2S/c1-6-41(7-2,26-30-22-27(3)21-28(4)23-30)20-11-10-19-40(25-29-17-18-31-13-8-9-14-32(31)24-29)38(42)37-36(39)35-33(43-5)15-12-16-34(35)44-37/h8-9,12-18,21-24H,6-7,10-11,19-20,25-26H2,1-5H3/q+1. The predicted molar refractivity (Wildman–Crippen MR) is 187 cm³/mol. The van der Waals surface area contributed by atoms with E-state index in [1.54, 1.807) is 7.11 Å². The summed E-state index contributed by atoms with van der Waals surface area (Å²) in [5.41, 5.74) is 5.18. The Morgan fingerprint density at radius 1 is 0.864 bits per heavy atom. The molecule has 0 N–H and O–H groups in total. The molecular weight excluding hydrogens is 584 g/mol. The number of rotatable bonds is 13. The second-order valence-electron chi connectivity index (χ2n) is 12.0. The van der Waals surface area contributed by atoms with Crippen molar-refractivity contribution in [1.29, 1.82) is 0 Å². The van der Waals surface area contributed by atoms with Crippen LogP contribution in [0, 0.1) is 13.8 Å². The zero-order chi connectivity index (χ0) is 31.3. The Kier molecular flexibility index (Phi) is 10.3. The first kappa shape index (κ1) is 32.0. The molecular formula is C38H44ClN2O2S+. The van der Waals surface area contributed by atoms with Gasteiger partial charge >= 0.3 is 0 Å². The summed E-state index contributed by atoms with van der Waals surface area (Å²) in [5, 5.41) is 3.68. The first-order chi connectivity index (χ1) is 21.3. The molecule has 1 heterocycles. The number of hydrogen-bond acceptors (Lipinski definition) is 3. The summed E-state index contributed by atoms with van der Waals surface area (Å²) in [5.74, 6) is 0.675. The summed E-state index contributed by atoms with van der Waals surface area (Å²) in [7, 11) is 1.64. The van der Waals surface area contributed by atoms with Crippen LogP contribution in [0.25, 0.3) is 20.9 Å². The van der Waals surface area contributed by atoms with Crippen LogP contribution in [0.1, 0.15) is 58.6 Å². The SMILES string of the molecule is CC[N+](CC)(CCCCN(Cc1ccc2ccccc2c1)C(=O)c1sc2cccc(OC)c2c1Cl)Cc1cc(C)cc(C)c1. The lowest BCUT2D eigenvalue weighted by Gasteiger charge is -2.37. The number of carbonyl (C=O) groups excluding carboxylic acids is 1. The monoisotopic (exact) mass is 627 g/mol. The summed E-state index contributed by atoms with van der Waals surface area (Å²) in [6, 6.07) is 27.6. The van der Waals surface area contributed by atoms with Crippen molar-refractivity contribution in [2.24, 2.45) is 0 Å². The van der Waals surface area contributed by atoms with E-state index in [9.17, 15) is 4.79 Å². The maximum atomic E-state index is 14.2. The van der Waals surface area contributed by atoms with E-state index in [4.69, 9.17) is 16.3 Å². The molecule has 0 unspecified atom stereocenters. The fourth-order valence-electron chi connectivity index (χ4n) is 6.48. The van der Waals surface area contributed by atoms with Crippen LogP contribution in [0.3, 0.4) is 0 Å². The van der Waals surface area contributed by atoms with Crippen LogP contribution in [-0.2, 0) is 13.1 Å². The number of fused-ring (bicyclic) bond motifs is 2. The number of hydrogen-bond donors (Lipinski definition) is 0. The van der Waals surface area contributed by atoms with Gasteiger partial charge in [0.2, 0.25) is 0 Å². The second kappa shape index (κ2) is 14.2. The number of amides is 1. The van der Waals surface area contributed by atoms with Gasteiger partial charge in [-0.1, -0.05) is 83.4 Å². The molecule has 0 aliphatic rings. The van der Waals surface area contributed by atoms with Crippen LogP contribution >= 0.6 is 22.9 Å². The summed E-state index contributed by atoms with van der Waals surface area (Å²) in [6.45, 7) is 14.5. The summed E-state index contributed by atoms with van der Waals surface area (Å²) >= 11 is 8.35. The molecule has 0 saturated heterocycles. The molecule has 230 valence electrons. The van der Waals surface area contributed by atoms with Crippen LogP contribution in [-0.4, -0.2) is 48.6 Å². The third-order valence-corrected chi connectivity index (χ3v) is 10.6. The molecule has 0 aliphatic heterocycles. The van der Waals surface area contributed by atoms with E-state index in [2.05, 4.69) is 88.4 Å². The predicted octanol–water partition coefficient (Wildman–Crippen LogP) is 9.81. The van der Waals surface area contributed by atoms with Gasteiger partial charge in [-0.05, 0) is 75.1 Å². The van der Waals surface area contributed by atoms with Gasteiger partial charge in [-0.3, -0.25) is 4.79 Å². The van der Waals surface area contributed by atoms with Crippen molar-refractivity contribution >= 4 is 49.7 Å². The Balaban J connectivity index is 1.37. The van der Waals surface area contributed by atoms with Gasteiger partial charge in [-0.2, -0.15) is 0 Å². The number of thiophene rings is 1. The van der Waals surface area contributed by atoms with Crippen LogP contribution in [0.5, 0.6) is 5.75 Å². The van der Waals surface area contributed by atoms with Crippen LogP contribution in [0.2, 0.25) is 5.02 Å². The number of aryl methyl sites for hydroxylation is 2. The Bertz CT molecular complexity index is 1740. The lowest BCUT2D eigenvalue weighted by Crippen LogP contribution is -2.47. The molecule has 4 aromatic carbocycles. The normalized spacial score (nSPS) is 11.8. The average Bonchev–Trinajstić information content (AvgIpc) is 3.37. The topological polar surface area (TPSA) is 29.5 Å². The molecule has 6 heteroatoms. The highest BCUT2D eigenvalue weighted by atomic mass is 35.5. The van der Waals surface area contributed by atoms with E-state index >= 15 is 0 Å². The quantitative estimate of drug-likeness (QED) is 0.0960. The highest BCUT2D eigenvalue weighted by Gasteiger charge is 2.26. The van der Waals surface area contributed by atoms with E-state index in [1.807, 2.05) is 23.1 Å². The van der Waals surface area contributed by atoms with E-state index < -0.39 is 0 Å². The smallest absolute Gasteiger partial charge is 0.265 e. The zero-order valence-corrected chi connectivity index (χ0v) is 28.2. The second-order valence-corrected chi connectivity index (χ2v) is 13.5. The van der Waals surface area contributed by atoms with Crippen molar-refractivity contribution in [3.8, 4) is 5.75 Å². The number of nitrogens with zero attached hydrogens (tertiary/aromatic N) is 2. The van der Waals surface area contributed by atoms with Gasteiger partial charge in [0.05, 0.1) is 37.2 Å². The largest absolute Gasteiger partial charge is 0.496 e. The molecule has 5 rings (SSSR count). The van der Waals surface area contributed by atoms with E-state index in [-0.39, 0.29) is 5.91 Å². The first-order valence-electron chi connectivity index (χ1n) is 15.7. The lowest BCUT2D eigenvalue weighted by atomic mass is 10.1. The number of halogens is 1. The maximum absolute atomic E-state index is 14.2. The molecule has 0 spiro atoms. The Labute approximate surface area is 271 Å². The minimum Gasteiger partial charge on any atom is -0.496 e. The third-order valence-electron chi connectivity index (χ3n) is 8.96. The van der Waals surface area contributed by atoms with Crippen LogP contribution < -0.4 is 4.74 Å². The third kappa shape index (κ3) is 7.12. The molecule has 1 amide bonds. The van der Waals surface area contributed by atoms with Gasteiger partial charge < -0.3 is 14.1 Å². The maximum Gasteiger partial charge on any atom is 0.265 e. The number of methoxy groups -OCH3 is 1. The summed E-state index contributed by atoms with van der Waals surface area (Å²) < 4.78 is 7.59. The Morgan fingerprint density at radius 2 is 1.59 bits per heavy atom. The van der Waals surface area contributed by atoms with Crippen molar-refractivity contribution < 1.29 is 14.0 Å². The molecule has 0 atom stereocenters. The van der Waals surface area contributed by atoms with Gasteiger partial charge in [-0.25, -0.2) is 0 Å². The van der Waals surface area contributed by atoms with Crippen molar-refractivity contribution in [2.75, 3.05) is 33.3 Å². The fraction of sp³-hybridized carbons (Fsp3) is 0.342. The molecule has 4 nitrogen and oxygen atoms in total. The Hall–Kier alpha value is -3.38. The molecule has 5 aromatic rings. The first-order valence-corrected chi connectivity index (χ1v) is 16.9. The molecule has 0 saturated carbocycles. The zero-order valence-electron chi connectivity index (χ0n) is 26.7. The molecule has 0 bridgehead atoms. The van der Waals surface area contributed by atoms with Crippen molar-refractivity contribution in [3.63, 3.8) is 0 Å². The van der Waals surface area contributed by atoms with Crippen LogP contribution in [0.15, 0.2) is 78.9 Å². The molecule has 0 aliphatic carbocycles. The number of carbonyl (C=O) groups is 1. The van der Waals surface area contributed by atoms with Crippen molar-refractivity contribution in [1.82, 2.24) is 4.90 Å². The molecule has 0 fully saturated rings. The minimum absolute atomic E-state index is 0.0200. The summed E-state index contributed by atoms with van der Waals surface area (Å²) in [4.78, 5) is 16.8. The lowest BCUT2D eigenvalue weighted by molar-refractivity contribution is -0.938. The van der Waals surface area contributed by atoms with Gasteiger partial charge in [0, 0.05) is 23.4 Å². The number of quaternary nitrogens is 1. The average molecular weight is 628 g/mol. The molecule has 44 heavy (non-hydrogen) atoms. The van der Waals surface area contributed by atoms with Gasteiger partial charge in [0.1, 0.15) is 17.2 Å². The van der Waals surface area contributed by atoms with E-state index in [0.717, 1.165) is 59.2 Å². The van der Waals surface area contributed by atoms with Crippen molar-refractivity contribution in [3.05, 3.63) is 111 Å². The molecule has 0 radical (unpaired) electrons. The number of ether oxygens (including phenoxy) is 1. The highest BCUT2D eigenvalue weighted by Crippen LogP contribution is 2.41. The van der Waals surface area contributed by atoms with E-state index in [0.29, 0.717) is 28.7 Å². The fourth-order valence-corrected chi connectivity index (χ4v) is 8.01. The van der Waals surface area contributed by atoms with Gasteiger partial charge in [0.25, 0.3) is 5.91 Å². The van der Waals surface area contributed by atoms with E-state index in [1.165, 1.54) is 38.8 Å². The van der Waals surface area contributed by atoms with Gasteiger partial charge in [-0.15, -0.1) is 11.3 Å². The van der Waals surface area contributed by atoms with Crippen molar-refractivity contribution in [2.45, 2.75) is 53.6 Å². The Morgan fingerprint density at radius 3 is 2.30 bits per heavy atom. The number of unbranched alkanes of at least 4 members (excludes halogenated alkanes) is 1. The van der Waals surface area contributed by atoms with Gasteiger partial charge in [0.15, 0.2) is 0 Å². The number of benzene rings is 4.